The number of fused-ring (bicyclic) bond motifs is 1. The lowest BCUT2D eigenvalue weighted by molar-refractivity contribution is -0.193. The van der Waals surface area contributed by atoms with Gasteiger partial charge >= 0.3 is 5.97 Å². The molecule has 3 saturated carbocycles. The lowest BCUT2D eigenvalue weighted by atomic mass is 9.40. The summed E-state index contributed by atoms with van der Waals surface area (Å²) in [4.78, 5) is 12.0. The van der Waals surface area contributed by atoms with E-state index >= 15 is 0 Å². The third-order valence-electron chi connectivity index (χ3n) is 6.50. The number of hydrogen-bond acceptors (Lipinski definition) is 2. The standard InChI is InChI=1S/C16H27NO2/c1-15(2,3)13(14(18)19)16(8-17)11-5-4-9-6-10(11)12(16)7-9/h9-13H,4-8,17H2,1-3H3,(H,18,19)/t9-,10-,11+,12-,13?,16-/m0/s1. The molecule has 0 aromatic rings. The molecular formula is C16H27NO2. The van der Waals surface area contributed by atoms with Crippen molar-refractivity contribution >= 4 is 5.97 Å². The van der Waals surface area contributed by atoms with Crippen LogP contribution in [0.25, 0.3) is 0 Å². The number of nitrogens with two attached hydrogens (primary N) is 1. The molecule has 19 heavy (non-hydrogen) atoms. The Balaban J connectivity index is 2.02. The lowest BCUT2D eigenvalue weighted by Crippen LogP contribution is -2.66. The molecule has 0 amide bonds. The fourth-order valence-corrected chi connectivity index (χ4v) is 6.19. The van der Waals surface area contributed by atoms with Gasteiger partial charge in [0.2, 0.25) is 0 Å². The highest BCUT2D eigenvalue weighted by Gasteiger charge is 2.70. The number of hydrogen-bond donors (Lipinski definition) is 2. The first-order valence-corrected chi connectivity index (χ1v) is 7.75. The van der Waals surface area contributed by atoms with E-state index in [1.807, 2.05) is 0 Å². The molecule has 0 aliphatic heterocycles. The van der Waals surface area contributed by atoms with Gasteiger partial charge in [0.1, 0.15) is 0 Å². The van der Waals surface area contributed by atoms with Crippen LogP contribution in [0.2, 0.25) is 0 Å². The summed E-state index contributed by atoms with van der Waals surface area (Å²) in [7, 11) is 0. The summed E-state index contributed by atoms with van der Waals surface area (Å²) < 4.78 is 0. The van der Waals surface area contributed by atoms with Crippen molar-refractivity contribution < 1.29 is 9.90 Å². The van der Waals surface area contributed by atoms with Gasteiger partial charge in [-0.25, -0.2) is 0 Å². The maximum atomic E-state index is 12.0. The van der Waals surface area contributed by atoms with Crippen molar-refractivity contribution in [3.05, 3.63) is 0 Å². The maximum absolute atomic E-state index is 12.0. The zero-order valence-corrected chi connectivity index (χ0v) is 12.4. The summed E-state index contributed by atoms with van der Waals surface area (Å²) in [6, 6.07) is 0. The van der Waals surface area contributed by atoms with Gasteiger partial charge in [-0.2, -0.15) is 0 Å². The van der Waals surface area contributed by atoms with Crippen LogP contribution in [0, 0.1) is 40.4 Å². The van der Waals surface area contributed by atoms with Crippen molar-refractivity contribution in [3.8, 4) is 0 Å². The summed E-state index contributed by atoms with van der Waals surface area (Å²) in [6.07, 6.45) is 5.09. The molecule has 3 nitrogen and oxygen atoms in total. The number of carboxylic acid groups (broad SMARTS) is 1. The summed E-state index contributed by atoms with van der Waals surface area (Å²) in [5.41, 5.74) is 5.84. The molecule has 3 rings (SSSR count). The van der Waals surface area contributed by atoms with Gasteiger partial charge in [-0.1, -0.05) is 27.2 Å². The molecule has 0 aromatic heterocycles. The van der Waals surface area contributed by atoms with E-state index in [1.54, 1.807) is 0 Å². The highest BCUT2D eigenvalue weighted by molar-refractivity contribution is 5.72. The second kappa shape index (κ2) is 3.97. The fraction of sp³-hybridized carbons (Fsp3) is 0.938. The molecule has 3 fully saturated rings. The first-order valence-electron chi connectivity index (χ1n) is 7.75. The molecule has 0 heterocycles. The summed E-state index contributed by atoms with van der Waals surface area (Å²) >= 11 is 0. The van der Waals surface area contributed by atoms with E-state index in [4.69, 9.17) is 5.73 Å². The monoisotopic (exact) mass is 265 g/mol. The summed E-state index contributed by atoms with van der Waals surface area (Å²) in [5, 5.41) is 9.83. The van der Waals surface area contributed by atoms with E-state index in [0.29, 0.717) is 18.4 Å². The smallest absolute Gasteiger partial charge is 0.307 e. The van der Waals surface area contributed by atoms with Gasteiger partial charge in [0.15, 0.2) is 0 Å². The summed E-state index contributed by atoms with van der Waals surface area (Å²) in [6.45, 7) is 6.76. The average molecular weight is 265 g/mol. The maximum Gasteiger partial charge on any atom is 0.307 e. The third kappa shape index (κ3) is 1.57. The molecule has 0 saturated heterocycles. The largest absolute Gasteiger partial charge is 0.481 e. The van der Waals surface area contributed by atoms with Gasteiger partial charge in [-0.05, 0) is 54.9 Å². The highest BCUT2D eigenvalue weighted by atomic mass is 16.4. The average Bonchev–Trinajstić information content (AvgIpc) is 2.48. The van der Waals surface area contributed by atoms with Crippen molar-refractivity contribution in [3.63, 3.8) is 0 Å². The summed E-state index contributed by atoms with van der Waals surface area (Å²) in [5.74, 6) is 1.86. The molecule has 3 aliphatic rings. The van der Waals surface area contributed by atoms with Gasteiger partial charge in [0.05, 0.1) is 5.92 Å². The number of rotatable bonds is 3. The Bertz CT molecular complexity index is 392. The molecule has 3 aliphatic carbocycles. The predicted molar refractivity (Wildman–Crippen MR) is 74.5 cm³/mol. The van der Waals surface area contributed by atoms with Crippen molar-refractivity contribution in [1.29, 1.82) is 0 Å². The molecule has 0 aromatic carbocycles. The molecular weight excluding hydrogens is 238 g/mol. The molecule has 0 spiro atoms. The zero-order valence-electron chi connectivity index (χ0n) is 12.4. The first-order chi connectivity index (χ1) is 8.82. The van der Waals surface area contributed by atoms with E-state index in [-0.39, 0.29) is 16.7 Å². The van der Waals surface area contributed by atoms with E-state index in [1.165, 1.54) is 25.7 Å². The predicted octanol–water partition coefficient (Wildman–Crippen LogP) is 2.74. The van der Waals surface area contributed by atoms with Crippen molar-refractivity contribution in [2.75, 3.05) is 6.54 Å². The fourth-order valence-electron chi connectivity index (χ4n) is 6.19. The van der Waals surface area contributed by atoms with Gasteiger partial charge in [-0.15, -0.1) is 0 Å². The van der Waals surface area contributed by atoms with Crippen molar-refractivity contribution in [2.24, 2.45) is 46.2 Å². The Kier molecular flexibility index (Phi) is 2.80. The number of carbonyl (C=O) groups is 1. The normalized spacial score (nSPS) is 45.7. The van der Waals surface area contributed by atoms with Crippen molar-refractivity contribution in [1.82, 2.24) is 0 Å². The van der Waals surface area contributed by atoms with E-state index in [2.05, 4.69) is 20.8 Å². The first kappa shape index (κ1) is 13.4. The van der Waals surface area contributed by atoms with Gasteiger partial charge in [-0.3, -0.25) is 4.79 Å². The van der Waals surface area contributed by atoms with E-state index < -0.39 is 5.97 Å². The van der Waals surface area contributed by atoms with Crippen LogP contribution in [0.5, 0.6) is 0 Å². The molecule has 6 atom stereocenters. The van der Waals surface area contributed by atoms with Crippen LogP contribution in [-0.4, -0.2) is 17.6 Å². The zero-order chi connectivity index (χ0) is 14.0. The molecule has 2 bridgehead atoms. The number of aliphatic carboxylic acids is 1. The van der Waals surface area contributed by atoms with Crippen LogP contribution in [0.4, 0.5) is 0 Å². The lowest BCUT2D eigenvalue weighted by Gasteiger charge is -2.64. The quantitative estimate of drug-likeness (QED) is 0.824. The van der Waals surface area contributed by atoms with Crippen LogP contribution >= 0.6 is 0 Å². The SMILES string of the molecule is CC(C)(C)C(C(=O)O)[C@@]1(CN)[C@@H]2CC[C@H]3C[C@@H]2[C@@H]1C3. The van der Waals surface area contributed by atoms with Gasteiger partial charge < -0.3 is 10.8 Å². The van der Waals surface area contributed by atoms with Crippen LogP contribution in [0.15, 0.2) is 0 Å². The van der Waals surface area contributed by atoms with Gasteiger partial charge in [0, 0.05) is 5.41 Å². The topological polar surface area (TPSA) is 63.3 Å². The number of carboxylic acids is 1. The minimum atomic E-state index is -0.633. The third-order valence-corrected chi connectivity index (χ3v) is 6.50. The van der Waals surface area contributed by atoms with E-state index in [9.17, 15) is 9.90 Å². The second-order valence-corrected chi connectivity index (χ2v) is 8.25. The molecule has 0 radical (unpaired) electrons. The Labute approximate surface area is 115 Å². The van der Waals surface area contributed by atoms with Crippen LogP contribution < -0.4 is 5.73 Å². The highest BCUT2D eigenvalue weighted by Crippen LogP contribution is 2.73. The minimum Gasteiger partial charge on any atom is -0.481 e. The second-order valence-electron chi connectivity index (χ2n) is 8.25. The van der Waals surface area contributed by atoms with Gasteiger partial charge in [0.25, 0.3) is 0 Å². The minimum absolute atomic E-state index is 0.125. The molecule has 1 unspecified atom stereocenters. The van der Waals surface area contributed by atoms with Crippen LogP contribution in [0.1, 0.15) is 46.5 Å². The molecule has 3 heteroatoms. The van der Waals surface area contributed by atoms with Crippen LogP contribution in [0.3, 0.4) is 0 Å². The Morgan fingerprint density at radius 3 is 2.53 bits per heavy atom. The Morgan fingerprint density at radius 1 is 1.32 bits per heavy atom. The molecule has 3 N–H and O–H groups in total. The van der Waals surface area contributed by atoms with Crippen LogP contribution in [-0.2, 0) is 4.79 Å². The van der Waals surface area contributed by atoms with Crippen molar-refractivity contribution in [2.45, 2.75) is 46.5 Å². The molecule has 108 valence electrons. The Hall–Kier alpha value is -0.570. The Morgan fingerprint density at radius 2 is 2.00 bits per heavy atom. The van der Waals surface area contributed by atoms with E-state index in [0.717, 1.165) is 11.8 Å².